The molecule has 0 spiro atoms. The molecule has 1 atom stereocenters. The van der Waals surface area contributed by atoms with Gasteiger partial charge in [0.2, 0.25) is 0 Å². The van der Waals surface area contributed by atoms with Gasteiger partial charge in [-0.15, -0.1) is 0 Å². The first-order valence-corrected chi connectivity index (χ1v) is 9.60. The maximum absolute atomic E-state index is 6.38. The third kappa shape index (κ3) is 3.27. The molecular weight excluding hydrogens is 334 g/mol. The lowest BCUT2D eigenvalue weighted by molar-refractivity contribution is 0.277. The smallest absolute Gasteiger partial charge is 0.131 e. The number of aliphatic imine (C=N–C) groups is 1. The van der Waals surface area contributed by atoms with Gasteiger partial charge in [0.25, 0.3) is 0 Å². The number of nitrogens with zero attached hydrogens (tertiary/aromatic N) is 1. The standard InChI is InChI=1S/C24H27NO2/c1-15-8-6-7-9-19(15)25-20-13-24(3,4)14-22-23(20)16(2)18-12-17(26-5)10-11-21(18)27-22/h6-12,16H,13-14H2,1-5H3/t16-/m0/s1. The number of para-hydroxylation sites is 1. The summed E-state index contributed by atoms with van der Waals surface area (Å²) in [6.45, 7) is 8.95. The number of fused-ring (bicyclic) bond motifs is 1. The first kappa shape index (κ1) is 17.8. The Bertz CT molecular complexity index is 953. The van der Waals surface area contributed by atoms with Crippen LogP contribution in [0.3, 0.4) is 0 Å². The second kappa shape index (κ2) is 6.56. The van der Waals surface area contributed by atoms with Crippen molar-refractivity contribution in [2.75, 3.05) is 7.11 Å². The van der Waals surface area contributed by atoms with Crippen molar-refractivity contribution in [2.45, 2.75) is 46.5 Å². The molecule has 0 radical (unpaired) electrons. The summed E-state index contributed by atoms with van der Waals surface area (Å²) in [6, 6.07) is 14.4. The number of aryl methyl sites for hydroxylation is 1. The van der Waals surface area contributed by atoms with E-state index in [9.17, 15) is 0 Å². The lowest BCUT2D eigenvalue weighted by Crippen LogP contribution is -2.32. The predicted molar refractivity (Wildman–Crippen MR) is 110 cm³/mol. The van der Waals surface area contributed by atoms with Gasteiger partial charge >= 0.3 is 0 Å². The molecule has 1 aliphatic carbocycles. The van der Waals surface area contributed by atoms with E-state index in [1.54, 1.807) is 7.11 Å². The SMILES string of the molecule is COc1ccc2c(c1)[C@H](C)C1=C(CC(C)(C)CC1=Nc1ccccc1C)O2. The molecule has 3 heteroatoms. The van der Waals surface area contributed by atoms with Crippen LogP contribution in [-0.2, 0) is 0 Å². The van der Waals surface area contributed by atoms with Gasteiger partial charge in [-0.1, -0.05) is 39.0 Å². The van der Waals surface area contributed by atoms with Crippen molar-refractivity contribution in [1.29, 1.82) is 0 Å². The lowest BCUT2D eigenvalue weighted by atomic mass is 9.71. The number of allylic oxidation sites excluding steroid dienone is 2. The fraction of sp³-hybridized carbons (Fsp3) is 0.375. The van der Waals surface area contributed by atoms with Crippen LogP contribution < -0.4 is 9.47 Å². The fourth-order valence-electron chi connectivity index (χ4n) is 4.19. The largest absolute Gasteiger partial charge is 0.497 e. The van der Waals surface area contributed by atoms with Crippen LogP contribution in [0.4, 0.5) is 5.69 Å². The van der Waals surface area contributed by atoms with E-state index in [1.807, 2.05) is 12.1 Å². The summed E-state index contributed by atoms with van der Waals surface area (Å²) in [4.78, 5) is 5.11. The van der Waals surface area contributed by atoms with E-state index in [4.69, 9.17) is 14.5 Å². The van der Waals surface area contributed by atoms with E-state index in [0.717, 1.165) is 41.5 Å². The van der Waals surface area contributed by atoms with Crippen LogP contribution in [0.2, 0.25) is 0 Å². The second-order valence-electron chi connectivity index (χ2n) is 8.43. The molecule has 0 fully saturated rings. The van der Waals surface area contributed by atoms with Crippen molar-refractivity contribution in [3.63, 3.8) is 0 Å². The molecule has 0 amide bonds. The van der Waals surface area contributed by atoms with Crippen molar-refractivity contribution in [1.82, 2.24) is 0 Å². The van der Waals surface area contributed by atoms with Crippen LogP contribution >= 0.6 is 0 Å². The summed E-state index contributed by atoms with van der Waals surface area (Å²) < 4.78 is 11.8. The highest BCUT2D eigenvalue weighted by Crippen LogP contribution is 2.49. The summed E-state index contributed by atoms with van der Waals surface area (Å²) in [7, 11) is 1.70. The zero-order chi connectivity index (χ0) is 19.2. The summed E-state index contributed by atoms with van der Waals surface area (Å²) in [5, 5.41) is 0. The van der Waals surface area contributed by atoms with E-state index in [-0.39, 0.29) is 11.3 Å². The summed E-state index contributed by atoms with van der Waals surface area (Å²) in [5.74, 6) is 3.11. The highest BCUT2D eigenvalue weighted by molar-refractivity contribution is 6.05. The van der Waals surface area contributed by atoms with E-state index in [1.165, 1.54) is 16.7 Å². The van der Waals surface area contributed by atoms with Crippen LogP contribution in [0.15, 0.2) is 58.8 Å². The van der Waals surface area contributed by atoms with Crippen LogP contribution in [0.25, 0.3) is 0 Å². The summed E-state index contributed by atoms with van der Waals surface area (Å²) in [6.07, 6.45) is 1.89. The van der Waals surface area contributed by atoms with Gasteiger partial charge in [-0.3, -0.25) is 4.99 Å². The average molecular weight is 361 g/mol. The molecule has 2 aliphatic rings. The summed E-state index contributed by atoms with van der Waals surface area (Å²) >= 11 is 0. The first-order valence-electron chi connectivity index (χ1n) is 9.60. The number of ether oxygens (including phenoxy) is 2. The van der Waals surface area contributed by atoms with E-state index < -0.39 is 0 Å². The van der Waals surface area contributed by atoms with Crippen molar-refractivity contribution in [2.24, 2.45) is 10.4 Å². The number of rotatable bonds is 2. The normalized spacial score (nSPS) is 22.1. The van der Waals surface area contributed by atoms with Crippen LogP contribution in [0.5, 0.6) is 11.5 Å². The van der Waals surface area contributed by atoms with Gasteiger partial charge < -0.3 is 9.47 Å². The summed E-state index contributed by atoms with van der Waals surface area (Å²) in [5.41, 5.74) is 5.94. The van der Waals surface area contributed by atoms with Crippen LogP contribution in [-0.4, -0.2) is 12.8 Å². The number of hydrogen-bond donors (Lipinski definition) is 0. The fourth-order valence-corrected chi connectivity index (χ4v) is 4.19. The van der Waals surface area contributed by atoms with Gasteiger partial charge in [0.15, 0.2) is 0 Å². The minimum Gasteiger partial charge on any atom is -0.497 e. The zero-order valence-electron chi connectivity index (χ0n) is 16.8. The molecule has 2 aromatic carbocycles. The van der Waals surface area contributed by atoms with Crippen molar-refractivity contribution in [3.05, 3.63) is 64.9 Å². The molecule has 140 valence electrons. The Morgan fingerprint density at radius 3 is 2.63 bits per heavy atom. The first-order chi connectivity index (χ1) is 12.9. The predicted octanol–water partition coefficient (Wildman–Crippen LogP) is 6.35. The quantitative estimate of drug-likeness (QED) is 0.624. The lowest BCUT2D eigenvalue weighted by Gasteiger charge is -2.39. The maximum atomic E-state index is 6.38. The molecule has 0 saturated heterocycles. The molecule has 3 nitrogen and oxygen atoms in total. The minimum absolute atomic E-state index is 0.129. The number of hydrogen-bond acceptors (Lipinski definition) is 3. The maximum Gasteiger partial charge on any atom is 0.131 e. The Labute approximate surface area is 161 Å². The molecule has 0 unspecified atom stereocenters. The van der Waals surface area contributed by atoms with Crippen molar-refractivity contribution >= 4 is 11.4 Å². The number of benzene rings is 2. The molecule has 1 aliphatic heterocycles. The van der Waals surface area contributed by atoms with Crippen LogP contribution in [0.1, 0.15) is 50.7 Å². The number of methoxy groups -OCH3 is 1. The van der Waals surface area contributed by atoms with Crippen molar-refractivity contribution < 1.29 is 9.47 Å². The highest BCUT2D eigenvalue weighted by Gasteiger charge is 2.38. The van der Waals surface area contributed by atoms with E-state index in [2.05, 4.69) is 58.0 Å². The molecule has 0 saturated carbocycles. The van der Waals surface area contributed by atoms with Gasteiger partial charge in [0, 0.05) is 29.2 Å². The Hall–Kier alpha value is -2.55. The van der Waals surface area contributed by atoms with Crippen molar-refractivity contribution in [3.8, 4) is 11.5 Å². The monoisotopic (exact) mass is 361 g/mol. The van der Waals surface area contributed by atoms with Gasteiger partial charge in [-0.05, 0) is 48.6 Å². The topological polar surface area (TPSA) is 30.8 Å². The van der Waals surface area contributed by atoms with Crippen LogP contribution in [0, 0.1) is 12.3 Å². The Balaban J connectivity index is 1.84. The van der Waals surface area contributed by atoms with Gasteiger partial charge in [-0.25, -0.2) is 0 Å². The molecule has 0 aromatic heterocycles. The highest BCUT2D eigenvalue weighted by atomic mass is 16.5. The molecule has 27 heavy (non-hydrogen) atoms. The Morgan fingerprint density at radius 1 is 1.11 bits per heavy atom. The molecule has 4 rings (SSSR count). The Morgan fingerprint density at radius 2 is 1.89 bits per heavy atom. The minimum atomic E-state index is 0.129. The van der Waals surface area contributed by atoms with Gasteiger partial charge in [0.1, 0.15) is 17.3 Å². The third-order valence-electron chi connectivity index (χ3n) is 5.62. The zero-order valence-corrected chi connectivity index (χ0v) is 16.8. The Kier molecular flexibility index (Phi) is 4.33. The third-order valence-corrected chi connectivity index (χ3v) is 5.62. The molecule has 0 N–H and O–H groups in total. The molecule has 0 bridgehead atoms. The van der Waals surface area contributed by atoms with E-state index in [0.29, 0.717) is 0 Å². The molecule has 2 aromatic rings. The molecule has 1 heterocycles. The van der Waals surface area contributed by atoms with E-state index >= 15 is 0 Å². The van der Waals surface area contributed by atoms with Gasteiger partial charge in [-0.2, -0.15) is 0 Å². The average Bonchev–Trinajstić information content (AvgIpc) is 2.62. The molecular formula is C24H27NO2. The van der Waals surface area contributed by atoms with Gasteiger partial charge in [0.05, 0.1) is 12.8 Å². The second-order valence-corrected chi connectivity index (χ2v) is 8.43.